The molecule has 134 valence electrons. The van der Waals surface area contributed by atoms with Gasteiger partial charge in [0, 0.05) is 28.7 Å². The van der Waals surface area contributed by atoms with Crippen LogP contribution in [0.2, 0.25) is 0 Å². The fourth-order valence-corrected chi connectivity index (χ4v) is 3.21. The molecule has 0 spiro atoms. The maximum atomic E-state index is 12.9. The second-order valence-electron chi connectivity index (χ2n) is 5.45. The van der Waals surface area contributed by atoms with E-state index in [1.807, 2.05) is 19.1 Å². The largest absolute Gasteiger partial charge is 0.497 e. The lowest BCUT2D eigenvalue weighted by Gasteiger charge is -2.18. The molecule has 0 heterocycles. The van der Waals surface area contributed by atoms with Crippen LogP contribution in [0.5, 0.6) is 11.5 Å². The van der Waals surface area contributed by atoms with Crippen LogP contribution in [0, 0.1) is 5.82 Å². The maximum absolute atomic E-state index is 12.9. The van der Waals surface area contributed by atoms with E-state index in [1.165, 1.54) is 23.9 Å². The van der Waals surface area contributed by atoms with E-state index in [1.54, 1.807) is 32.4 Å². The summed E-state index contributed by atoms with van der Waals surface area (Å²) in [5.74, 6) is 1.70. The Morgan fingerprint density at radius 2 is 1.88 bits per heavy atom. The lowest BCUT2D eigenvalue weighted by atomic mass is 10.1. The van der Waals surface area contributed by atoms with Crippen molar-refractivity contribution in [1.29, 1.82) is 0 Å². The molecular weight excluding hydrogens is 341 g/mol. The van der Waals surface area contributed by atoms with Gasteiger partial charge >= 0.3 is 0 Å². The van der Waals surface area contributed by atoms with E-state index in [-0.39, 0.29) is 17.8 Å². The molecule has 2 aromatic carbocycles. The third-order valence-electron chi connectivity index (χ3n) is 3.70. The van der Waals surface area contributed by atoms with E-state index in [9.17, 15) is 9.18 Å². The minimum atomic E-state index is -0.260. The molecule has 0 radical (unpaired) electrons. The summed E-state index contributed by atoms with van der Waals surface area (Å²) in [5, 5.41) is 2.97. The molecular formula is C19H22FNO3S. The van der Waals surface area contributed by atoms with Crippen molar-refractivity contribution in [1.82, 2.24) is 5.32 Å². The lowest BCUT2D eigenvalue weighted by Crippen LogP contribution is -2.27. The van der Waals surface area contributed by atoms with Crippen molar-refractivity contribution in [2.24, 2.45) is 0 Å². The third-order valence-corrected chi connectivity index (χ3v) is 4.71. The molecule has 0 bridgehead atoms. The summed E-state index contributed by atoms with van der Waals surface area (Å²) in [4.78, 5) is 13.1. The molecule has 2 aromatic rings. The first-order valence-corrected chi connectivity index (χ1v) is 8.91. The topological polar surface area (TPSA) is 47.6 Å². The molecule has 1 N–H and O–H groups in total. The number of methoxy groups -OCH3 is 2. The second kappa shape index (κ2) is 9.32. The summed E-state index contributed by atoms with van der Waals surface area (Å²) >= 11 is 1.52. The molecule has 25 heavy (non-hydrogen) atoms. The Morgan fingerprint density at radius 3 is 2.52 bits per heavy atom. The number of carbonyl (C=O) groups excluding carboxylic acids is 1. The quantitative estimate of drug-likeness (QED) is 0.714. The minimum absolute atomic E-state index is 0.0417. The lowest BCUT2D eigenvalue weighted by molar-refractivity contribution is -0.121. The fourth-order valence-electron chi connectivity index (χ4n) is 2.36. The predicted octanol–water partition coefficient (Wildman–Crippen LogP) is 4.20. The monoisotopic (exact) mass is 363 g/mol. The number of nitrogens with one attached hydrogen (secondary N) is 1. The van der Waals surface area contributed by atoms with Crippen molar-refractivity contribution in [3.63, 3.8) is 0 Å². The van der Waals surface area contributed by atoms with Crippen LogP contribution in [-0.4, -0.2) is 25.9 Å². The van der Waals surface area contributed by atoms with Crippen LogP contribution in [0.3, 0.4) is 0 Å². The molecule has 0 aromatic heterocycles. The van der Waals surface area contributed by atoms with Gasteiger partial charge in [0.2, 0.25) is 5.91 Å². The van der Waals surface area contributed by atoms with Crippen LogP contribution < -0.4 is 14.8 Å². The first kappa shape index (κ1) is 19.1. The first-order chi connectivity index (χ1) is 12.0. The average Bonchev–Trinajstić information content (AvgIpc) is 2.62. The number of hydrogen-bond donors (Lipinski definition) is 1. The van der Waals surface area contributed by atoms with Gasteiger partial charge in [-0.2, -0.15) is 0 Å². The average molecular weight is 363 g/mol. The second-order valence-corrected chi connectivity index (χ2v) is 6.62. The number of ether oxygens (including phenoxy) is 2. The number of benzene rings is 2. The van der Waals surface area contributed by atoms with E-state index >= 15 is 0 Å². The SMILES string of the molecule is COc1ccc(C(C)NC(=O)CCSc2ccc(F)cc2)c(OC)c1. The summed E-state index contributed by atoms with van der Waals surface area (Å²) in [5.41, 5.74) is 0.892. The van der Waals surface area contributed by atoms with Gasteiger partial charge in [-0.3, -0.25) is 4.79 Å². The van der Waals surface area contributed by atoms with E-state index in [0.29, 0.717) is 23.7 Å². The molecule has 2 rings (SSSR count). The minimum Gasteiger partial charge on any atom is -0.497 e. The van der Waals surface area contributed by atoms with Gasteiger partial charge in [0.15, 0.2) is 0 Å². The Labute approximate surface area is 151 Å². The number of hydrogen-bond acceptors (Lipinski definition) is 4. The Bertz CT molecular complexity index is 706. The smallest absolute Gasteiger partial charge is 0.221 e. The van der Waals surface area contributed by atoms with Crippen LogP contribution in [0.1, 0.15) is 24.9 Å². The normalized spacial score (nSPS) is 11.7. The van der Waals surface area contributed by atoms with Crippen molar-refractivity contribution in [3.05, 3.63) is 53.8 Å². The van der Waals surface area contributed by atoms with Gasteiger partial charge in [0.05, 0.1) is 20.3 Å². The van der Waals surface area contributed by atoms with Gasteiger partial charge in [-0.05, 0) is 43.3 Å². The Kier molecular flexibility index (Phi) is 7.13. The molecule has 1 atom stereocenters. The highest BCUT2D eigenvalue weighted by Gasteiger charge is 2.15. The molecule has 0 aliphatic carbocycles. The highest BCUT2D eigenvalue weighted by atomic mass is 32.2. The van der Waals surface area contributed by atoms with Gasteiger partial charge in [-0.1, -0.05) is 0 Å². The number of thioether (sulfide) groups is 1. The van der Waals surface area contributed by atoms with Crippen molar-refractivity contribution in [2.45, 2.75) is 24.3 Å². The molecule has 6 heteroatoms. The van der Waals surface area contributed by atoms with E-state index in [4.69, 9.17) is 9.47 Å². The summed E-state index contributed by atoms with van der Waals surface area (Å²) in [6.45, 7) is 1.91. The zero-order valence-corrected chi connectivity index (χ0v) is 15.4. The van der Waals surface area contributed by atoms with Gasteiger partial charge in [0.25, 0.3) is 0 Å². The predicted molar refractivity (Wildman–Crippen MR) is 97.8 cm³/mol. The summed E-state index contributed by atoms with van der Waals surface area (Å²) < 4.78 is 23.4. The van der Waals surface area contributed by atoms with E-state index in [2.05, 4.69) is 5.32 Å². The van der Waals surface area contributed by atoms with Crippen molar-refractivity contribution >= 4 is 17.7 Å². The van der Waals surface area contributed by atoms with Crippen LogP contribution in [0.4, 0.5) is 4.39 Å². The van der Waals surface area contributed by atoms with Crippen LogP contribution in [-0.2, 0) is 4.79 Å². The van der Waals surface area contributed by atoms with Gasteiger partial charge < -0.3 is 14.8 Å². The third kappa shape index (κ3) is 5.67. The number of amides is 1. The molecule has 0 aliphatic rings. The van der Waals surface area contributed by atoms with Gasteiger partial charge in [-0.15, -0.1) is 11.8 Å². The van der Waals surface area contributed by atoms with Gasteiger partial charge in [0.1, 0.15) is 17.3 Å². The summed E-state index contributed by atoms with van der Waals surface area (Å²) in [7, 11) is 3.19. The van der Waals surface area contributed by atoms with Crippen LogP contribution in [0.25, 0.3) is 0 Å². The van der Waals surface area contributed by atoms with E-state index < -0.39 is 0 Å². The van der Waals surface area contributed by atoms with E-state index in [0.717, 1.165) is 10.5 Å². The Balaban J connectivity index is 1.86. The van der Waals surface area contributed by atoms with Gasteiger partial charge in [-0.25, -0.2) is 4.39 Å². The standard InChI is InChI=1S/C19H22FNO3S/c1-13(17-9-6-15(23-2)12-18(17)24-3)21-19(22)10-11-25-16-7-4-14(20)5-8-16/h4-9,12-13H,10-11H2,1-3H3,(H,21,22). The zero-order chi connectivity index (χ0) is 18.2. The van der Waals surface area contributed by atoms with Crippen LogP contribution in [0.15, 0.2) is 47.4 Å². The first-order valence-electron chi connectivity index (χ1n) is 7.93. The molecule has 0 saturated heterocycles. The Morgan fingerprint density at radius 1 is 1.16 bits per heavy atom. The highest BCUT2D eigenvalue weighted by Crippen LogP contribution is 2.29. The van der Waals surface area contributed by atoms with Crippen molar-refractivity contribution in [2.75, 3.05) is 20.0 Å². The summed E-state index contributed by atoms with van der Waals surface area (Å²) in [6, 6.07) is 11.6. The van der Waals surface area contributed by atoms with Crippen LogP contribution >= 0.6 is 11.8 Å². The van der Waals surface area contributed by atoms with Crippen molar-refractivity contribution in [3.8, 4) is 11.5 Å². The number of carbonyl (C=O) groups is 1. The molecule has 1 unspecified atom stereocenters. The fraction of sp³-hybridized carbons (Fsp3) is 0.316. The molecule has 1 amide bonds. The molecule has 0 saturated carbocycles. The molecule has 4 nitrogen and oxygen atoms in total. The number of rotatable bonds is 8. The Hall–Kier alpha value is -2.21. The maximum Gasteiger partial charge on any atom is 0.221 e. The van der Waals surface area contributed by atoms with Crippen molar-refractivity contribution < 1.29 is 18.7 Å². The highest BCUT2D eigenvalue weighted by molar-refractivity contribution is 7.99. The molecule has 0 aliphatic heterocycles. The summed E-state index contributed by atoms with van der Waals surface area (Å²) in [6.07, 6.45) is 0.380. The zero-order valence-electron chi connectivity index (χ0n) is 14.5. The number of halogens is 1. The molecule has 0 fully saturated rings.